The summed E-state index contributed by atoms with van der Waals surface area (Å²) in [4.78, 5) is 0. The Kier molecular flexibility index (Phi) is 2.69. The van der Waals surface area contributed by atoms with Gasteiger partial charge in [0.1, 0.15) is 5.84 Å². The van der Waals surface area contributed by atoms with Crippen LogP contribution in [-0.2, 0) is 6.42 Å². The van der Waals surface area contributed by atoms with E-state index in [1.54, 1.807) is 0 Å². The van der Waals surface area contributed by atoms with Gasteiger partial charge in [-0.2, -0.15) is 5.10 Å². The maximum Gasteiger partial charge on any atom is 0.123 e. The van der Waals surface area contributed by atoms with Crippen molar-refractivity contribution < 1.29 is 0 Å². The molecule has 0 saturated carbocycles. The van der Waals surface area contributed by atoms with Crippen LogP contribution in [0, 0.1) is 6.92 Å². The Balaban J connectivity index is 2.76. The Bertz CT molecular complexity index is 292. The highest BCUT2D eigenvalue weighted by molar-refractivity contribution is 5.82. The molecular weight excluding hydrogens is 150 g/mol. The molecule has 3 heteroatoms. The Morgan fingerprint density at radius 2 is 2.25 bits per heavy atom. The molecule has 1 aromatic carbocycles. The standard InChI is InChI=1S/C9H13N3/c1-7-3-2-4-8(5-7)6-9(10)12-11/h2-5H,6,11H2,1H3,(H2,10,12). The van der Waals surface area contributed by atoms with Crippen molar-refractivity contribution in [1.29, 1.82) is 0 Å². The summed E-state index contributed by atoms with van der Waals surface area (Å²) in [6.07, 6.45) is 0.623. The van der Waals surface area contributed by atoms with Crippen LogP contribution in [0.5, 0.6) is 0 Å². The van der Waals surface area contributed by atoms with Crippen molar-refractivity contribution in [2.24, 2.45) is 16.7 Å². The number of aryl methyl sites for hydroxylation is 1. The van der Waals surface area contributed by atoms with E-state index < -0.39 is 0 Å². The summed E-state index contributed by atoms with van der Waals surface area (Å²) in [5.41, 5.74) is 7.84. The molecule has 0 unspecified atom stereocenters. The minimum atomic E-state index is 0.459. The Labute approximate surface area is 72.1 Å². The van der Waals surface area contributed by atoms with Gasteiger partial charge in [-0.15, -0.1) is 0 Å². The zero-order valence-electron chi connectivity index (χ0n) is 7.12. The maximum absolute atomic E-state index is 5.48. The van der Waals surface area contributed by atoms with E-state index >= 15 is 0 Å². The van der Waals surface area contributed by atoms with E-state index in [1.165, 1.54) is 5.56 Å². The third-order valence-corrected chi connectivity index (χ3v) is 1.63. The first-order valence-corrected chi connectivity index (χ1v) is 3.80. The average molecular weight is 163 g/mol. The quantitative estimate of drug-likeness (QED) is 0.293. The molecule has 0 spiro atoms. The molecule has 0 saturated heterocycles. The Morgan fingerprint density at radius 1 is 1.50 bits per heavy atom. The fourth-order valence-electron chi connectivity index (χ4n) is 1.08. The molecule has 4 N–H and O–H groups in total. The van der Waals surface area contributed by atoms with Gasteiger partial charge in [0.2, 0.25) is 0 Å². The molecule has 0 radical (unpaired) electrons. The summed E-state index contributed by atoms with van der Waals surface area (Å²) in [7, 11) is 0. The Morgan fingerprint density at radius 3 is 2.83 bits per heavy atom. The third-order valence-electron chi connectivity index (χ3n) is 1.63. The molecule has 12 heavy (non-hydrogen) atoms. The van der Waals surface area contributed by atoms with E-state index in [0.29, 0.717) is 12.3 Å². The molecule has 3 nitrogen and oxygen atoms in total. The first kappa shape index (κ1) is 8.59. The second-order valence-electron chi connectivity index (χ2n) is 2.79. The largest absolute Gasteiger partial charge is 0.385 e. The molecule has 0 atom stereocenters. The van der Waals surface area contributed by atoms with E-state index in [4.69, 9.17) is 11.6 Å². The van der Waals surface area contributed by atoms with E-state index in [1.807, 2.05) is 25.1 Å². The topological polar surface area (TPSA) is 64.4 Å². The monoisotopic (exact) mass is 163 g/mol. The lowest BCUT2D eigenvalue weighted by molar-refractivity contribution is 1.17. The van der Waals surface area contributed by atoms with Gasteiger partial charge in [0.25, 0.3) is 0 Å². The van der Waals surface area contributed by atoms with Crippen molar-refractivity contribution in [2.75, 3.05) is 0 Å². The van der Waals surface area contributed by atoms with Crippen molar-refractivity contribution >= 4 is 5.84 Å². The molecule has 64 valence electrons. The molecule has 0 aliphatic heterocycles. The maximum atomic E-state index is 5.48. The van der Waals surface area contributed by atoms with E-state index in [2.05, 4.69) is 11.2 Å². The lowest BCUT2D eigenvalue weighted by atomic mass is 10.1. The zero-order chi connectivity index (χ0) is 8.97. The van der Waals surface area contributed by atoms with Crippen molar-refractivity contribution in [3.8, 4) is 0 Å². The number of hydrogen-bond acceptors (Lipinski definition) is 2. The highest BCUT2D eigenvalue weighted by Gasteiger charge is 1.95. The van der Waals surface area contributed by atoms with Gasteiger partial charge in [-0.3, -0.25) is 0 Å². The summed E-state index contributed by atoms with van der Waals surface area (Å²) in [5, 5.41) is 3.41. The second kappa shape index (κ2) is 3.76. The molecule has 0 aliphatic rings. The van der Waals surface area contributed by atoms with Crippen molar-refractivity contribution in [1.82, 2.24) is 0 Å². The molecule has 0 aromatic heterocycles. The molecule has 0 fully saturated rings. The van der Waals surface area contributed by atoms with Crippen molar-refractivity contribution in [3.05, 3.63) is 35.4 Å². The van der Waals surface area contributed by atoms with Crippen LogP contribution in [0.25, 0.3) is 0 Å². The minimum Gasteiger partial charge on any atom is -0.385 e. The molecule has 0 amide bonds. The lowest BCUT2D eigenvalue weighted by Gasteiger charge is -2.00. The van der Waals surface area contributed by atoms with Gasteiger partial charge < -0.3 is 11.6 Å². The van der Waals surface area contributed by atoms with Gasteiger partial charge in [-0.1, -0.05) is 29.8 Å². The molecule has 1 rings (SSSR count). The van der Waals surface area contributed by atoms with Crippen LogP contribution in [0.15, 0.2) is 29.4 Å². The normalized spacial score (nSPS) is 11.6. The number of nitrogens with two attached hydrogens (primary N) is 2. The predicted octanol–water partition coefficient (Wildman–Crippen LogP) is 0.768. The van der Waals surface area contributed by atoms with Gasteiger partial charge in [-0.25, -0.2) is 0 Å². The van der Waals surface area contributed by atoms with E-state index in [9.17, 15) is 0 Å². The van der Waals surface area contributed by atoms with E-state index in [0.717, 1.165) is 5.56 Å². The number of benzene rings is 1. The van der Waals surface area contributed by atoms with Gasteiger partial charge in [0.15, 0.2) is 0 Å². The first-order valence-electron chi connectivity index (χ1n) is 3.80. The lowest BCUT2D eigenvalue weighted by Crippen LogP contribution is -2.16. The zero-order valence-corrected chi connectivity index (χ0v) is 7.12. The Hall–Kier alpha value is -1.51. The van der Waals surface area contributed by atoms with Crippen LogP contribution < -0.4 is 11.6 Å². The number of nitrogens with zero attached hydrogens (tertiary/aromatic N) is 1. The number of rotatable bonds is 2. The second-order valence-corrected chi connectivity index (χ2v) is 2.79. The fourth-order valence-corrected chi connectivity index (χ4v) is 1.08. The van der Waals surface area contributed by atoms with E-state index in [-0.39, 0.29) is 0 Å². The number of hydrogen-bond donors (Lipinski definition) is 2. The summed E-state index contributed by atoms with van der Waals surface area (Å²) < 4.78 is 0. The van der Waals surface area contributed by atoms with Gasteiger partial charge in [0.05, 0.1) is 0 Å². The highest BCUT2D eigenvalue weighted by atomic mass is 15.1. The molecule has 0 heterocycles. The van der Waals surface area contributed by atoms with Crippen LogP contribution in [0.1, 0.15) is 11.1 Å². The molecule has 0 aliphatic carbocycles. The van der Waals surface area contributed by atoms with Crippen LogP contribution in [-0.4, -0.2) is 5.84 Å². The summed E-state index contributed by atoms with van der Waals surface area (Å²) in [6.45, 7) is 2.04. The van der Waals surface area contributed by atoms with Crippen LogP contribution in [0.4, 0.5) is 0 Å². The number of amidine groups is 1. The average Bonchev–Trinajstić information content (AvgIpc) is 2.04. The predicted molar refractivity (Wildman–Crippen MR) is 50.7 cm³/mol. The van der Waals surface area contributed by atoms with Crippen molar-refractivity contribution in [3.63, 3.8) is 0 Å². The molecular formula is C9H13N3. The van der Waals surface area contributed by atoms with Gasteiger partial charge in [-0.05, 0) is 12.5 Å². The summed E-state index contributed by atoms with van der Waals surface area (Å²) >= 11 is 0. The SMILES string of the molecule is Cc1cccc(CC(N)=NN)c1. The minimum absolute atomic E-state index is 0.459. The van der Waals surface area contributed by atoms with Crippen molar-refractivity contribution in [2.45, 2.75) is 13.3 Å². The van der Waals surface area contributed by atoms with Crippen LogP contribution >= 0.6 is 0 Å². The third kappa shape index (κ3) is 2.27. The van der Waals surface area contributed by atoms with Gasteiger partial charge >= 0.3 is 0 Å². The number of hydrazone groups is 1. The molecule has 1 aromatic rings. The molecule has 0 bridgehead atoms. The summed E-state index contributed by atoms with van der Waals surface area (Å²) in [5.74, 6) is 5.48. The first-order chi connectivity index (χ1) is 5.72. The van der Waals surface area contributed by atoms with Crippen LogP contribution in [0.2, 0.25) is 0 Å². The summed E-state index contributed by atoms with van der Waals surface area (Å²) in [6, 6.07) is 8.11. The van der Waals surface area contributed by atoms with Crippen LogP contribution in [0.3, 0.4) is 0 Å². The highest BCUT2D eigenvalue weighted by Crippen LogP contribution is 2.03. The van der Waals surface area contributed by atoms with Gasteiger partial charge in [0, 0.05) is 6.42 Å². The smallest absolute Gasteiger partial charge is 0.123 e. The fraction of sp³-hybridized carbons (Fsp3) is 0.222.